The molecule has 0 radical (unpaired) electrons. The minimum atomic E-state index is -0.785. The van der Waals surface area contributed by atoms with E-state index in [1.807, 2.05) is 32.0 Å². The van der Waals surface area contributed by atoms with E-state index in [1.165, 1.54) is 5.56 Å². The summed E-state index contributed by atoms with van der Waals surface area (Å²) in [5.41, 5.74) is 1.60. The molecule has 2 aliphatic heterocycles. The quantitative estimate of drug-likeness (QED) is 0.866. The second-order valence-electron chi connectivity index (χ2n) is 5.81. The Morgan fingerprint density at radius 2 is 2.14 bits per heavy atom. The van der Waals surface area contributed by atoms with E-state index in [4.69, 9.17) is 4.74 Å². The van der Waals surface area contributed by atoms with E-state index in [2.05, 4.69) is 11.4 Å². The van der Waals surface area contributed by atoms with Crippen LogP contribution in [0.2, 0.25) is 0 Å². The predicted octanol–water partition coefficient (Wildman–Crippen LogP) is 2.02. The lowest BCUT2D eigenvalue weighted by Crippen LogP contribution is -2.48. The van der Waals surface area contributed by atoms with Crippen LogP contribution in [0.5, 0.6) is 0 Å². The van der Waals surface area contributed by atoms with Gasteiger partial charge in [-0.15, -0.1) is 0 Å². The highest BCUT2D eigenvalue weighted by molar-refractivity contribution is 6.06. The van der Waals surface area contributed by atoms with E-state index in [0.717, 1.165) is 12.0 Å². The highest BCUT2D eigenvalue weighted by atomic mass is 16.5. The fourth-order valence-electron chi connectivity index (χ4n) is 3.08. The van der Waals surface area contributed by atoms with Crippen molar-refractivity contribution in [1.29, 1.82) is 0 Å². The van der Waals surface area contributed by atoms with Crippen molar-refractivity contribution >= 4 is 11.9 Å². The van der Waals surface area contributed by atoms with Gasteiger partial charge < -0.3 is 9.64 Å². The molecule has 2 heterocycles. The average molecular weight is 288 g/mol. The Balaban J connectivity index is 1.87. The zero-order valence-corrected chi connectivity index (χ0v) is 12.4. The third-order valence-corrected chi connectivity index (χ3v) is 4.68. The fraction of sp³-hybridized carbons (Fsp3) is 0.500. The maximum atomic E-state index is 12.1. The Labute approximate surface area is 124 Å². The first-order chi connectivity index (χ1) is 10.1. The van der Waals surface area contributed by atoms with E-state index in [9.17, 15) is 9.59 Å². The van der Waals surface area contributed by atoms with Gasteiger partial charge in [-0.1, -0.05) is 31.2 Å². The molecule has 1 N–H and O–H groups in total. The van der Waals surface area contributed by atoms with Crippen molar-refractivity contribution in [1.82, 2.24) is 10.2 Å². The Morgan fingerprint density at radius 3 is 2.90 bits per heavy atom. The molecule has 3 rings (SSSR count). The standard InChI is InChI=1S/C16H20N2O3/c1-3-16(2)14(19)17-15(20)18(16)10-13-12-7-5-4-6-11(12)8-9-21-13/h4-7,13H,3,8-10H2,1-2H3,(H,17,19,20). The van der Waals surface area contributed by atoms with Gasteiger partial charge in [-0.3, -0.25) is 10.1 Å². The van der Waals surface area contributed by atoms with Crippen LogP contribution in [-0.4, -0.2) is 35.5 Å². The van der Waals surface area contributed by atoms with Gasteiger partial charge in [-0.2, -0.15) is 0 Å². The topological polar surface area (TPSA) is 58.6 Å². The van der Waals surface area contributed by atoms with Crippen molar-refractivity contribution in [3.63, 3.8) is 0 Å². The number of urea groups is 1. The number of benzene rings is 1. The number of carbonyl (C=O) groups excluding carboxylic acids is 2. The van der Waals surface area contributed by atoms with Gasteiger partial charge in [-0.05, 0) is 30.9 Å². The van der Waals surface area contributed by atoms with E-state index in [1.54, 1.807) is 4.90 Å². The van der Waals surface area contributed by atoms with Gasteiger partial charge in [0.2, 0.25) is 0 Å². The summed E-state index contributed by atoms with van der Waals surface area (Å²) < 4.78 is 5.85. The Kier molecular flexibility index (Phi) is 3.45. The lowest BCUT2D eigenvalue weighted by Gasteiger charge is -2.35. The van der Waals surface area contributed by atoms with Gasteiger partial charge in [0.25, 0.3) is 5.91 Å². The van der Waals surface area contributed by atoms with E-state index in [0.29, 0.717) is 19.6 Å². The summed E-state index contributed by atoms with van der Waals surface area (Å²) in [6, 6.07) is 7.81. The van der Waals surface area contributed by atoms with Crippen molar-refractivity contribution in [3.05, 3.63) is 35.4 Å². The van der Waals surface area contributed by atoms with Crippen LogP contribution in [0.1, 0.15) is 37.5 Å². The van der Waals surface area contributed by atoms with Crippen LogP contribution in [0.25, 0.3) is 0 Å². The van der Waals surface area contributed by atoms with Crippen LogP contribution in [0, 0.1) is 0 Å². The van der Waals surface area contributed by atoms with Crippen LogP contribution >= 0.6 is 0 Å². The number of ether oxygens (including phenoxy) is 1. The molecule has 0 saturated carbocycles. The zero-order chi connectivity index (χ0) is 15.0. The number of amides is 3. The predicted molar refractivity (Wildman–Crippen MR) is 77.8 cm³/mol. The molecule has 1 saturated heterocycles. The van der Waals surface area contributed by atoms with Crippen molar-refractivity contribution in [2.45, 2.75) is 38.3 Å². The summed E-state index contributed by atoms with van der Waals surface area (Å²) in [4.78, 5) is 25.7. The third kappa shape index (κ3) is 2.21. The normalized spacial score (nSPS) is 28.5. The van der Waals surface area contributed by atoms with E-state index in [-0.39, 0.29) is 18.0 Å². The van der Waals surface area contributed by atoms with Gasteiger partial charge in [0.15, 0.2) is 0 Å². The van der Waals surface area contributed by atoms with E-state index >= 15 is 0 Å². The molecule has 2 atom stereocenters. The molecule has 1 aromatic rings. The molecule has 112 valence electrons. The number of rotatable bonds is 3. The monoisotopic (exact) mass is 288 g/mol. The van der Waals surface area contributed by atoms with Gasteiger partial charge >= 0.3 is 6.03 Å². The molecule has 1 fully saturated rings. The molecule has 0 aliphatic carbocycles. The number of nitrogens with zero attached hydrogens (tertiary/aromatic N) is 1. The maximum Gasteiger partial charge on any atom is 0.325 e. The average Bonchev–Trinajstić information content (AvgIpc) is 2.71. The highest BCUT2D eigenvalue weighted by Gasteiger charge is 2.48. The number of hydrogen-bond acceptors (Lipinski definition) is 3. The first kappa shape index (κ1) is 14.1. The first-order valence-corrected chi connectivity index (χ1v) is 7.38. The first-order valence-electron chi connectivity index (χ1n) is 7.38. The largest absolute Gasteiger partial charge is 0.371 e. The van der Waals surface area contributed by atoms with Crippen LogP contribution in [0.15, 0.2) is 24.3 Å². The van der Waals surface area contributed by atoms with E-state index < -0.39 is 5.54 Å². The van der Waals surface area contributed by atoms with Gasteiger partial charge in [0.05, 0.1) is 13.2 Å². The van der Waals surface area contributed by atoms with Gasteiger partial charge in [0.1, 0.15) is 11.6 Å². The highest BCUT2D eigenvalue weighted by Crippen LogP contribution is 2.32. The number of imide groups is 1. The Bertz CT molecular complexity index is 587. The van der Waals surface area contributed by atoms with Crippen molar-refractivity contribution in [3.8, 4) is 0 Å². The smallest absolute Gasteiger partial charge is 0.325 e. The SMILES string of the molecule is CCC1(C)C(=O)NC(=O)N1CC1OCCc2ccccc21. The minimum absolute atomic E-state index is 0.169. The second kappa shape index (κ2) is 5.15. The van der Waals surface area contributed by atoms with Gasteiger partial charge in [-0.25, -0.2) is 4.79 Å². The molecule has 2 aliphatic rings. The Hall–Kier alpha value is -1.88. The molecule has 3 amide bonds. The third-order valence-electron chi connectivity index (χ3n) is 4.68. The summed E-state index contributed by atoms with van der Waals surface area (Å²) in [5, 5.41) is 2.41. The van der Waals surface area contributed by atoms with Crippen LogP contribution < -0.4 is 5.32 Å². The molecular formula is C16H20N2O3. The number of carbonyl (C=O) groups is 2. The number of fused-ring (bicyclic) bond motifs is 1. The molecule has 21 heavy (non-hydrogen) atoms. The molecular weight excluding hydrogens is 268 g/mol. The van der Waals surface area contributed by atoms with Crippen molar-refractivity contribution in [2.75, 3.05) is 13.2 Å². The molecule has 0 spiro atoms. The molecule has 0 bridgehead atoms. The fourth-order valence-corrected chi connectivity index (χ4v) is 3.08. The second-order valence-corrected chi connectivity index (χ2v) is 5.81. The molecule has 1 aromatic carbocycles. The van der Waals surface area contributed by atoms with Crippen molar-refractivity contribution < 1.29 is 14.3 Å². The summed E-state index contributed by atoms with van der Waals surface area (Å²) in [7, 11) is 0. The molecule has 2 unspecified atom stereocenters. The summed E-state index contributed by atoms with van der Waals surface area (Å²) in [6.07, 6.45) is 1.30. The summed E-state index contributed by atoms with van der Waals surface area (Å²) in [5.74, 6) is -0.223. The Morgan fingerprint density at radius 1 is 1.38 bits per heavy atom. The number of nitrogens with one attached hydrogen (secondary N) is 1. The summed E-state index contributed by atoms with van der Waals surface area (Å²) >= 11 is 0. The number of hydrogen-bond donors (Lipinski definition) is 1. The molecule has 5 heteroatoms. The van der Waals surface area contributed by atoms with Crippen LogP contribution in [0.3, 0.4) is 0 Å². The molecule has 5 nitrogen and oxygen atoms in total. The summed E-state index contributed by atoms with van der Waals surface area (Å²) in [6.45, 7) is 4.77. The molecule has 0 aromatic heterocycles. The lowest BCUT2D eigenvalue weighted by molar-refractivity contribution is -0.126. The minimum Gasteiger partial charge on any atom is -0.371 e. The van der Waals surface area contributed by atoms with Gasteiger partial charge in [0, 0.05) is 0 Å². The van der Waals surface area contributed by atoms with Crippen LogP contribution in [-0.2, 0) is 16.0 Å². The van der Waals surface area contributed by atoms with Crippen LogP contribution in [0.4, 0.5) is 4.79 Å². The zero-order valence-electron chi connectivity index (χ0n) is 12.4. The lowest BCUT2D eigenvalue weighted by atomic mass is 9.94. The maximum absolute atomic E-state index is 12.1. The van der Waals surface area contributed by atoms with Crippen molar-refractivity contribution in [2.24, 2.45) is 0 Å².